The highest BCUT2D eigenvalue weighted by Gasteiger charge is 2.29. The highest BCUT2D eigenvalue weighted by Crippen LogP contribution is 2.29. The number of carbonyl (C=O) groups is 2. The summed E-state index contributed by atoms with van der Waals surface area (Å²) >= 11 is 0. The number of rotatable bonds is 2. The predicted octanol–water partition coefficient (Wildman–Crippen LogP) is 2.51. The Balaban J connectivity index is 2.17. The van der Waals surface area contributed by atoms with Crippen molar-refractivity contribution in [2.45, 2.75) is 32.9 Å². The molecule has 2 atom stereocenters. The third kappa shape index (κ3) is 2.09. The number of fused-ring (bicyclic) bond motifs is 3. The molecule has 0 spiro atoms. The molecule has 1 aromatic heterocycles. The average molecular weight is 286 g/mol. The highest BCUT2D eigenvalue weighted by atomic mass is 16.5. The zero-order valence-corrected chi connectivity index (χ0v) is 12.3. The summed E-state index contributed by atoms with van der Waals surface area (Å²) in [6.45, 7) is 6.17. The van der Waals surface area contributed by atoms with Gasteiger partial charge in [-0.15, -0.1) is 0 Å². The summed E-state index contributed by atoms with van der Waals surface area (Å²) in [5, 5.41) is 3.91. The molecule has 1 aromatic carbocycles. The minimum absolute atomic E-state index is 0.0480. The number of hydrogen-bond acceptors (Lipinski definition) is 3. The van der Waals surface area contributed by atoms with E-state index in [1.54, 1.807) is 19.1 Å². The summed E-state index contributed by atoms with van der Waals surface area (Å²) < 4.78 is 7.04. The summed E-state index contributed by atoms with van der Waals surface area (Å²) in [6.07, 6.45) is 0. The van der Waals surface area contributed by atoms with Crippen molar-refractivity contribution in [3.8, 4) is 0 Å². The molecule has 1 N–H and O–H groups in total. The fourth-order valence-corrected chi connectivity index (χ4v) is 2.80. The quantitative estimate of drug-likeness (QED) is 0.863. The minimum Gasteiger partial charge on any atom is -0.462 e. The van der Waals surface area contributed by atoms with Crippen LogP contribution in [-0.4, -0.2) is 29.1 Å². The summed E-state index contributed by atoms with van der Waals surface area (Å²) in [7, 11) is 0. The van der Waals surface area contributed by atoms with Gasteiger partial charge in [-0.05, 0) is 39.0 Å². The second kappa shape index (κ2) is 4.91. The van der Waals surface area contributed by atoms with Gasteiger partial charge in [0.2, 0.25) is 0 Å². The molecule has 2 aromatic rings. The summed E-state index contributed by atoms with van der Waals surface area (Å²) in [5.74, 6) is -0.412. The maximum atomic E-state index is 12.1. The lowest BCUT2D eigenvalue weighted by Gasteiger charge is -2.30. The van der Waals surface area contributed by atoms with Crippen LogP contribution in [0.15, 0.2) is 24.3 Å². The predicted molar refractivity (Wildman–Crippen MR) is 79.5 cm³/mol. The molecule has 3 rings (SSSR count). The minimum atomic E-state index is -0.337. The molecule has 0 bridgehead atoms. The number of nitrogens with zero attached hydrogens (tertiary/aromatic N) is 1. The molecule has 1 aliphatic rings. The fraction of sp³-hybridized carbons (Fsp3) is 0.375. The van der Waals surface area contributed by atoms with Crippen molar-refractivity contribution in [3.05, 3.63) is 35.5 Å². The number of nitrogens with one attached hydrogen (secondary N) is 1. The molecule has 0 fully saturated rings. The largest absolute Gasteiger partial charge is 0.462 e. The Morgan fingerprint density at radius 1 is 1.33 bits per heavy atom. The van der Waals surface area contributed by atoms with Crippen LogP contribution >= 0.6 is 0 Å². The Kier molecular flexibility index (Phi) is 3.20. The maximum Gasteiger partial charge on any atom is 0.338 e. The van der Waals surface area contributed by atoms with Crippen molar-refractivity contribution < 1.29 is 14.3 Å². The van der Waals surface area contributed by atoms with Gasteiger partial charge in [-0.1, -0.05) is 6.07 Å². The van der Waals surface area contributed by atoms with E-state index in [4.69, 9.17) is 4.74 Å². The van der Waals surface area contributed by atoms with Crippen molar-refractivity contribution in [2.24, 2.45) is 0 Å². The first kappa shape index (κ1) is 13.7. The second-order valence-corrected chi connectivity index (χ2v) is 5.40. The van der Waals surface area contributed by atoms with E-state index in [1.807, 2.05) is 23.6 Å². The van der Waals surface area contributed by atoms with E-state index >= 15 is 0 Å². The van der Waals surface area contributed by atoms with Crippen LogP contribution < -0.4 is 5.32 Å². The Labute approximate surface area is 122 Å². The summed E-state index contributed by atoms with van der Waals surface area (Å²) in [6, 6.07) is 7.44. The van der Waals surface area contributed by atoms with Gasteiger partial charge in [0, 0.05) is 16.9 Å². The summed E-state index contributed by atoms with van der Waals surface area (Å²) in [5.41, 5.74) is 2.04. The molecule has 2 heterocycles. The first-order valence-electron chi connectivity index (χ1n) is 7.16. The normalized spacial score (nSPS) is 21.0. The highest BCUT2D eigenvalue weighted by molar-refractivity contribution is 6.01. The Morgan fingerprint density at radius 2 is 2.10 bits per heavy atom. The van der Waals surface area contributed by atoms with Crippen LogP contribution in [0, 0.1) is 0 Å². The number of hydrogen-bond donors (Lipinski definition) is 1. The lowest BCUT2D eigenvalue weighted by molar-refractivity contribution is 0.0526. The number of amides is 1. The molecule has 1 aliphatic heterocycles. The smallest absolute Gasteiger partial charge is 0.338 e. The van der Waals surface area contributed by atoms with Gasteiger partial charge >= 0.3 is 5.97 Å². The molecule has 0 saturated carbocycles. The molecule has 5 nitrogen and oxygen atoms in total. The molecule has 110 valence electrons. The topological polar surface area (TPSA) is 60.3 Å². The molecule has 1 amide bonds. The van der Waals surface area contributed by atoms with E-state index in [1.165, 1.54) is 0 Å². The van der Waals surface area contributed by atoms with E-state index in [9.17, 15) is 9.59 Å². The first-order chi connectivity index (χ1) is 10.0. The average Bonchev–Trinajstić information content (AvgIpc) is 2.84. The van der Waals surface area contributed by atoms with Gasteiger partial charge in [0.15, 0.2) is 0 Å². The molecular weight excluding hydrogens is 268 g/mol. The molecule has 21 heavy (non-hydrogen) atoms. The third-order valence-electron chi connectivity index (χ3n) is 4.08. The standard InChI is InChI=1S/C16H18N2O3/c1-4-21-16(20)12-6-5-11-7-14-15(19)17-9(2)10(3)18(14)13(11)8-12/h5-10H,4H2,1-3H3,(H,17,19). The molecule has 5 heteroatoms. The van der Waals surface area contributed by atoms with Crippen LogP contribution in [0.2, 0.25) is 0 Å². The van der Waals surface area contributed by atoms with Crippen molar-refractivity contribution in [1.82, 2.24) is 9.88 Å². The lowest BCUT2D eigenvalue weighted by Crippen LogP contribution is -2.44. The molecule has 0 radical (unpaired) electrons. The number of ether oxygens (including phenoxy) is 1. The van der Waals surface area contributed by atoms with Gasteiger partial charge in [-0.2, -0.15) is 0 Å². The SMILES string of the molecule is CCOC(=O)c1ccc2cc3n(c2c1)C(C)C(C)NC3=O. The summed E-state index contributed by atoms with van der Waals surface area (Å²) in [4.78, 5) is 24.0. The van der Waals surface area contributed by atoms with Gasteiger partial charge in [0.25, 0.3) is 5.91 Å². The van der Waals surface area contributed by atoms with Gasteiger partial charge in [0.1, 0.15) is 5.69 Å². The molecular formula is C16H18N2O3. The van der Waals surface area contributed by atoms with Crippen LogP contribution in [-0.2, 0) is 4.74 Å². The Bertz CT molecular complexity index is 732. The lowest BCUT2D eigenvalue weighted by atomic mass is 10.1. The Morgan fingerprint density at radius 3 is 2.81 bits per heavy atom. The van der Waals surface area contributed by atoms with Crippen molar-refractivity contribution in [2.75, 3.05) is 6.61 Å². The molecule has 0 saturated heterocycles. The van der Waals surface area contributed by atoms with Crippen LogP contribution in [0.4, 0.5) is 0 Å². The van der Waals surface area contributed by atoms with E-state index < -0.39 is 0 Å². The van der Waals surface area contributed by atoms with Crippen LogP contribution in [0.5, 0.6) is 0 Å². The first-order valence-corrected chi connectivity index (χ1v) is 7.16. The Hall–Kier alpha value is -2.30. The van der Waals surface area contributed by atoms with Gasteiger partial charge in [-0.3, -0.25) is 4.79 Å². The van der Waals surface area contributed by atoms with Gasteiger partial charge < -0.3 is 14.6 Å². The molecule has 2 unspecified atom stereocenters. The van der Waals surface area contributed by atoms with E-state index in [2.05, 4.69) is 12.2 Å². The van der Waals surface area contributed by atoms with Gasteiger partial charge in [-0.25, -0.2) is 4.79 Å². The van der Waals surface area contributed by atoms with E-state index in [0.717, 1.165) is 10.9 Å². The van der Waals surface area contributed by atoms with Crippen LogP contribution in [0.3, 0.4) is 0 Å². The molecule has 0 aliphatic carbocycles. The van der Waals surface area contributed by atoms with Crippen LogP contribution in [0.25, 0.3) is 10.9 Å². The monoisotopic (exact) mass is 286 g/mol. The van der Waals surface area contributed by atoms with Crippen LogP contribution in [0.1, 0.15) is 47.7 Å². The number of aromatic nitrogens is 1. The van der Waals surface area contributed by atoms with Crippen molar-refractivity contribution >= 4 is 22.8 Å². The van der Waals surface area contributed by atoms with Crippen molar-refractivity contribution in [3.63, 3.8) is 0 Å². The third-order valence-corrected chi connectivity index (χ3v) is 4.08. The second-order valence-electron chi connectivity index (χ2n) is 5.40. The number of esters is 1. The maximum absolute atomic E-state index is 12.1. The number of benzene rings is 1. The van der Waals surface area contributed by atoms with E-state index in [-0.39, 0.29) is 24.0 Å². The zero-order chi connectivity index (χ0) is 15.1. The fourth-order valence-electron chi connectivity index (χ4n) is 2.80. The zero-order valence-electron chi connectivity index (χ0n) is 12.3. The van der Waals surface area contributed by atoms with E-state index in [0.29, 0.717) is 17.9 Å². The van der Waals surface area contributed by atoms with Crippen molar-refractivity contribution in [1.29, 1.82) is 0 Å². The number of carbonyl (C=O) groups excluding carboxylic acids is 2. The van der Waals surface area contributed by atoms with Gasteiger partial charge in [0.05, 0.1) is 18.2 Å².